The Balaban J connectivity index is 1.71. The van der Waals surface area contributed by atoms with Gasteiger partial charge in [0.15, 0.2) is 0 Å². The minimum atomic E-state index is -2.96. The fourth-order valence-electron chi connectivity index (χ4n) is 4.33. The highest BCUT2D eigenvalue weighted by molar-refractivity contribution is 7.76. The summed E-state index contributed by atoms with van der Waals surface area (Å²) in [6, 6.07) is 30.5. The highest BCUT2D eigenvalue weighted by atomic mass is 31.2. The topological polar surface area (TPSA) is 29.1 Å². The van der Waals surface area contributed by atoms with Gasteiger partial charge in [-0.15, -0.1) is 0 Å². The summed E-state index contributed by atoms with van der Waals surface area (Å²) in [5.41, 5.74) is 1.24. The fourth-order valence-corrected chi connectivity index (χ4v) is 6.84. The van der Waals surface area contributed by atoms with Gasteiger partial charge in [0.05, 0.1) is 0 Å². The van der Waals surface area contributed by atoms with E-state index in [1.165, 1.54) is 31.2 Å². The van der Waals surface area contributed by atoms with Gasteiger partial charge in [0, 0.05) is 16.7 Å². The molecule has 0 amide bonds. The number of unbranched alkanes of at least 4 members (excludes halogenated alkanes) is 1. The second-order valence-electron chi connectivity index (χ2n) is 8.10. The van der Waals surface area contributed by atoms with E-state index in [1.807, 2.05) is 60.7 Å². The first-order valence-electron chi connectivity index (χ1n) is 10.8. The molecule has 3 heteroatoms. The van der Waals surface area contributed by atoms with E-state index in [4.69, 9.17) is 0 Å². The van der Waals surface area contributed by atoms with Crippen molar-refractivity contribution < 1.29 is 4.57 Å². The van der Waals surface area contributed by atoms with Gasteiger partial charge >= 0.3 is 0 Å². The molecule has 1 N–H and O–H groups in total. The summed E-state index contributed by atoms with van der Waals surface area (Å²) in [6.45, 7) is 2.25. The molecule has 0 heterocycles. The van der Waals surface area contributed by atoms with Crippen molar-refractivity contribution in [2.24, 2.45) is 11.8 Å². The van der Waals surface area contributed by atoms with E-state index in [0.717, 1.165) is 16.5 Å². The second-order valence-corrected chi connectivity index (χ2v) is 10.6. The van der Waals surface area contributed by atoms with E-state index < -0.39 is 7.29 Å². The van der Waals surface area contributed by atoms with Crippen LogP contribution in [-0.2, 0) is 4.57 Å². The summed E-state index contributed by atoms with van der Waals surface area (Å²) >= 11 is 0. The highest BCUT2D eigenvalue weighted by Gasteiger charge is 2.45. The van der Waals surface area contributed by atoms with Crippen molar-refractivity contribution in [2.45, 2.75) is 38.6 Å². The molecule has 3 atom stereocenters. The summed E-state index contributed by atoms with van der Waals surface area (Å²) < 4.78 is 14.5. The number of hydrogen-bond acceptors (Lipinski definition) is 1. The Labute approximate surface area is 174 Å². The largest absolute Gasteiger partial charge is 0.297 e. The molecule has 3 aromatic rings. The maximum atomic E-state index is 14.5. The molecule has 3 aromatic carbocycles. The Morgan fingerprint density at radius 1 is 0.862 bits per heavy atom. The smallest absolute Gasteiger partial charge is 0.205 e. The second kappa shape index (κ2) is 9.11. The van der Waals surface area contributed by atoms with E-state index >= 15 is 0 Å². The molecule has 4 rings (SSSR count). The maximum Gasteiger partial charge on any atom is 0.205 e. The first-order valence-corrected chi connectivity index (χ1v) is 12.5. The van der Waals surface area contributed by atoms with Gasteiger partial charge in [0.2, 0.25) is 7.29 Å². The third kappa shape index (κ3) is 4.55. The monoisotopic (exact) mass is 403 g/mol. The summed E-state index contributed by atoms with van der Waals surface area (Å²) in [6.07, 6.45) is 5.00. The molecule has 1 fully saturated rings. The van der Waals surface area contributed by atoms with E-state index in [-0.39, 0.29) is 6.04 Å². The standard InChI is InChI=1S/C26H30NOP/c1-2-3-13-22-20-25(22)26(21-14-7-4-8-15-21)27-29(28,23-16-9-5-10-17-23)24-18-11-6-12-19-24/h4-12,14-19,22,25-26H,2-3,13,20H2,1H3,(H,27,28)/t22-,25-,26+/m1/s1. The van der Waals surface area contributed by atoms with Crippen LogP contribution in [0.15, 0.2) is 91.0 Å². The summed E-state index contributed by atoms with van der Waals surface area (Å²) in [4.78, 5) is 0. The molecule has 0 saturated heterocycles. The molecule has 150 valence electrons. The van der Waals surface area contributed by atoms with Crippen LogP contribution in [0.3, 0.4) is 0 Å². The first-order chi connectivity index (χ1) is 14.2. The zero-order valence-electron chi connectivity index (χ0n) is 17.1. The highest BCUT2D eigenvalue weighted by Crippen LogP contribution is 2.54. The van der Waals surface area contributed by atoms with Gasteiger partial charge in [-0.2, -0.15) is 0 Å². The van der Waals surface area contributed by atoms with E-state index in [0.29, 0.717) is 5.92 Å². The van der Waals surface area contributed by atoms with E-state index in [1.54, 1.807) is 0 Å². The van der Waals surface area contributed by atoms with Crippen LogP contribution < -0.4 is 15.7 Å². The molecule has 0 aliphatic heterocycles. The molecule has 2 nitrogen and oxygen atoms in total. The van der Waals surface area contributed by atoms with Gasteiger partial charge in [-0.05, 0) is 48.1 Å². The number of benzene rings is 3. The Morgan fingerprint density at radius 3 is 1.90 bits per heavy atom. The zero-order chi connectivity index (χ0) is 20.1. The maximum absolute atomic E-state index is 14.5. The summed E-state index contributed by atoms with van der Waals surface area (Å²) in [5, 5.41) is 5.45. The van der Waals surface area contributed by atoms with Crippen molar-refractivity contribution in [3.8, 4) is 0 Å². The average Bonchev–Trinajstić information content (AvgIpc) is 3.57. The normalized spacial score (nSPS) is 19.6. The van der Waals surface area contributed by atoms with Gasteiger partial charge in [-0.1, -0.05) is 92.9 Å². The minimum Gasteiger partial charge on any atom is -0.297 e. The third-order valence-corrected chi connectivity index (χ3v) is 8.75. The van der Waals surface area contributed by atoms with Crippen LogP contribution in [0.4, 0.5) is 0 Å². The average molecular weight is 404 g/mol. The lowest BCUT2D eigenvalue weighted by molar-refractivity contribution is 0.496. The first kappa shape index (κ1) is 20.1. The van der Waals surface area contributed by atoms with Crippen LogP contribution in [-0.4, -0.2) is 0 Å². The quantitative estimate of drug-likeness (QED) is 0.439. The molecule has 1 aliphatic rings. The van der Waals surface area contributed by atoms with Crippen LogP contribution in [0.2, 0.25) is 0 Å². The van der Waals surface area contributed by atoms with Crippen molar-refractivity contribution in [1.29, 1.82) is 0 Å². The lowest BCUT2D eigenvalue weighted by atomic mass is 10.0. The Hall–Kier alpha value is -2.15. The van der Waals surface area contributed by atoms with Crippen LogP contribution in [0.5, 0.6) is 0 Å². The number of nitrogens with one attached hydrogen (secondary N) is 1. The van der Waals surface area contributed by atoms with Crippen molar-refractivity contribution in [3.05, 3.63) is 96.6 Å². The Morgan fingerprint density at radius 2 is 1.38 bits per heavy atom. The van der Waals surface area contributed by atoms with Crippen LogP contribution in [0, 0.1) is 11.8 Å². The van der Waals surface area contributed by atoms with E-state index in [2.05, 4.69) is 42.3 Å². The predicted molar refractivity (Wildman–Crippen MR) is 123 cm³/mol. The third-order valence-electron chi connectivity index (χ3n) is 6.05. The minimum absolute atomic E-state index is 0.101. The molecule has 0 aromatic heterocycles. The molecule has 1 aliphatic carbocycles. The Kier molecular flexibility index (Phi) is 6.33. The van der Waals surface area contributed by atoms with Crippen molar-refractivity contribution in [3.63, 3.8) is 0 Å². The van der Waals surface area contributed by atoms with Gasteiger partial charge in [0.1, 0.15) is 0 Å². The van der Waals surface area contributed by atoms with Crippen LogP contribution in [0.25, 0.3) is 0 Å². The van der Waals surface area contributed by atoms with Crippen LogP contribution in [0.1, 0.15) is 44.2 Å². The predicted octanol–water partition coefficient (Wildman–Crippen LogP) is 6.07. The lowest BCUT2D eigenvalue weighted by Crippen LogP contribution is -2.32. The number of hydrogen-bond donors (Lipinski definition) is 1. The van der Waals surface area contributed by atoms with Gasteiger partial charge in [-0.25, -0.2) is 0 Å². The van der Waals surface area contributed by atoms with Crippen molar-refractivity contribution in [2.75, 3.05) is 0 Å². The van der Waals surface area contributed by atoms with Crippen molar-refractivity contribution in [1.82, 2.24) is 5.09 Å². The molecular weight excluding hydrogens is 373 g/mol. The molecule has 0 spiro atoms. The fraction of sp³-hybridized carbons (Fsp3) is 0.308. The number of rotatable bonds is 9. The Bertz CT molecular complexity index is 899. The molecule has 0 radical (unpaired) electrons. The lowest BCUT2D eigenvalue weighted by Gasteiger charge is -2.28. The molecule has 0 unspecified atom stereocenters. The van der Waals surface area contributed by atoms with E-state index in [9.17, 15) is 4.57 Å². The molecule has 1 saturated carbocycles. The van der Waals surface area contributed by atoms with Crippen LogP contribution >= 0.6 is 7.29 Å². The van der Waals surface area contributed by atoms with Gasteiger partial charge < -0.3 is 0 Å². The van der Waals surface area contributed by atoms with Gasteiger partial charge in [-0.3, -0.25) is 9.65 Å². The van der Waals surface area contributed by atoms with Gasteiger partial charge in [0.25, 0.3) is 0 Å². The summed E-state index contributed by atoms with van der Waals surface area (Å²) in [5.74, 6) is 1.28. The summed E-state index contributed by atoms with van der Waals surface area (Å²) in [7, 11) is -2.96. The molecule has 29 heavy (non-hydrogen) atoms. The molecule has 0 bridgehead atoms. The SMILES string of the molecule is CCCC[C@@H]1C[C@H]1[C@@H](NP(=O)(c1ccccc1)c1ccccc1)c1ccccc1. The van der Waals surface area contributed by atoms with Crippen molar-refractivity contribution >= 4 is 17.9 Å². The zero-order valence-corrected chi connectivity index (χ0v) is 18.0. The molecular formula is C26H30NOP.